The number of esters is 1. The number of ether oxygens (including phenoxy) is 3. The van der Waals surface area contributed by atoms with Gasteiger partial charge in [0, 0.05) is 24.7 Å². The van der Waals surface area contributed by atoms with Crippen LogP contribution < -0.4 is 5.32 Å². The number of aliphatic hydroxyl groups is 1. The Balaban J connectivity index is 1.43. The van der Waals surface area contributed by atoms with Crippen molar-refractivity contribution in [1.29, 1.82) is 0 Å². The van der Waals surface area contributed by atoms with Crippen LogP contribution in [0, 0.1) is 23.7 Å². The molecule has 5 fully saturated rings. The summed E-state index contributed by atoms with van der Waals surface area (Å²) in [7, 11) is 0. The quantitative estimate of drug-likeness (QED) is 0.464. The van der Waals surface area contributed by atoms with Crippen molar-refractivity contribution in [2.45, 2.75) is 103 Å². The first-order valence-electron chi connectivity index (χ1n) is 11.8. The zero-order valence-corrected chi connectivity index (χ0v) is 19.7. The van der Waals surface area contributed by atoms with E-state index in [0.717, 1.165) is 19.3 Å². The molecule has 4 saturated heterocycles. The van der Waals surface area contributed by atoms with Gasteiger partial charge in [-0.1, -0.05) is 13.8 Å². The lowest BCUT2D eigenvalue weighted by molar-refractivity contribution is -0.576. The van der Waals surface area contributed by atoms with Crippen LogP contribution >= 0.6 is 0 Å². The average Bonchev–Trinajstić information content (AvgIpc) is 2.96. The highest BCUT2D eigenvalue weighted by molar-refractivity contribution is 5.81. The molecule has 5 rings (SSSR count). The van der Waals surface area contributed by atoms with Crippen molar-refractivity contribution < 1.29 is 38.7 Å². The zero-order chi connectivity index (χ0) is 23.3. The molecule has 9 nitrogen and oxygen atoms in total. The molecule has 0 unspecified atom stereocenters. The molecule has 1 amide bonds. The summed E-state index contributed by atoms with van der Waals surface area (Å²) < 4.78 is 18.2. The minimum atomic E-state index is -0.885. The molecule has 182 valence electrons. The number of hydrogen-bond acceptors (Lipinski definition) is 8. The molecule has 2 N–H and O–H groups in total. The summed E-state index contributed by atoms with van der Waals surface area (Å²) in [6, 6.07) is 0. The van der Waals surface area contributed by atoms with Gasteiger partial charge in [-0.25, -0.2) is 9.78 Å². The number of carbonyl (C=O) groups is 2. The molecule has 1 saturated carbocycles. The van der Waals surface area contributed by atoms with E-state index in [2.05, 4.69) is 12.2 Å². The van der Waals surface area contributed by atoms with E-state index in [9.17, 15) is 14.7 Å². The molecule has 1 aliphatic carbocycles. The molecule has 0 aromatic rings. The van der Waals surface area contributed by atoms with Gasteiger partial charge in [0.15, 0.2) is 11.9 Å². The van der Waals surface area contributed by atoms with E-state index in [1.807, 2.05) is 13.8 Å². The molecule has 0 aromatic carbocycles. The maximum absolute atomic E-state index is 12.5. The summed E-state index contributed by atoms with van der Waals surface area (Å²) in [5.41, 5.74) is -1.44. The molecular formula is C23H37NO8. The number of amides is 1. The first-order chi connectivity index (χ1) is 15.0. The topological polar surface area (TPSA) is 113 Å². The van der Waals surface area contributed by atoms with Crippen molar-refractivity contribution in [2.75, 3.05) is 6.61 Å². The predicted molar refractivity (Wildman–Crippen MR) is 111 cm³/mol. The summed E-state index contributed by atoms with van der Waals surface area (Å²) in [6.07, 6.45) is 2.08. The van der Waals surface area contributed by atoms with Crippen LogP contribution in [0.3, 0.4) is 0 Å². The van der Waals surface area contributed by atoms with Crippen LogP contribution in [-0.2, 0) is 33.6 Å². The van der Waals surface area contributed by atoms with E-state index in [4.69, 9.17) is 24.0 Å². The smallest absolute Gasteiger partial charge is 0.308 e. The molecule has 4 heterocycles. The van der Waals surface area contributed by atoms with Gasteiger partial charge in [0.05, 0.1) is 18.6 Å². The summed E-state index contributed by atoms with van der Waals surface area (Å²) in [6.45, 7) is 9.34. The Hall–Kier alpha value is -1.26. The van der Waals surface area contributed by atoms with Crippen LogP contribution in [0.5, 0.6) is 0 Å². The summed E-state index contributed by atoms with van der Waals surface area (Å²) in [5.74, 6) is -1.04. The van der Waals surface area contributed by atoms with E-state index in [0.29, 0.717) is 12.3 Å². The van der Waals surface area contributed by atoms with Crippen LogP contribution in [0.15, 0.2) is 0 Å². The van der Waals surface area contributed by atoms with Crippen molar-refractivity contribution in [3.8, 4) is 0 Å². The summed E-state index contributed by atoms with van der Waals surface area (Å²) >= 11 is 0. The number of fused-ring (bicyclic) bond motifs is 2. The lowest BCUT2D eigenvalue weighted by Gasteiger charge is -2.59. The molecule has 0 radical (unpaired) electrons. The maximum Gasteiger partial charge on any atom is 0.308 e. The fourth-order valence-electron chi connectivity index (χ4n) is 5.89. The van der Waals surface area contributed by atoms with E-state index in [-0.39, 0.29) is 43.1 Å². The Morgan fingerprint density at radius 2 is 1.88 bits per heavy atom. The molecule has 0 aromatic heterocycles. The van der Waals surface area contributed by atoms with Crippen LogP contribution in [-0.4, -0.2) is 53.1 Å². The Morgan fingerprint density at radius 3 is 2.59 bits per heavy atom. The Bertz CT molecular complexity index is 744. The molecule has 4 aliphatic heterocycles. The highest BCUT2D eigenvalue weighted by Gasteiger charge is 2.69. The lowest BCUT2D eigenvalue weighted by Crippen LogP contribution is -2.70. The van der Waals surface area contributed by atoms with Gasteiger partial charge in [-0.05, 0) is 51.9 Å². The normalized spacial score (nSPS) is 43.2. The molecular weight excluding hydrogens is 418 g/mol. The zero-order valence-electron chi connectivity index (χ0n) is 19.7. The Kier molecular flexibility index (Phi) is 6.35. The second-order valence-corrected chi connectivity index (χ2v) is 10.9. The van der Waals surface area contributed by atoms with Gasteiger partial charge < -0.3 is 24.6 Å². The second kappa shape index (κ2) is 8.51. The van der Waals surface area contributed by atoms with Crippen molar-refractivity contribution in [2.24, 2.45) is 23.7 Å². The Morgan fingerprint density at radius 1 is 1.12 bits per heavy atom. The molecule has 2 bridgehead atoms. The number of carbonyl (C=O) groups excluding carboxylic acids is 2. The first kappa shape index (κ1) is 23.9. The molecule has 32 heavy (non-hydrogen) atoms. The van der Waals surface area contributed by atoms with Crippen LogP contribution in [0.25, 0.3) is 0 Å². The number of aliphatic hydroxyl groups excluding tert-OH is 1. The van der Waals surface area contributed by atoms with Gasteiger partial charge in [-0.2, -0.15) is 0 Å². The van der Waals surface area contributed by atoms with Crippen LogP contribution in [0.4, 0.5) is 0 Å². The highest BCUT2D eigenvalue weighted by Crippen LogP contribution is 2.60. The monoisotopic (exact) mass is 455 g/mol. The number of hydrogen-bond donors (Lipinski definition) is 2. The van der Waals surface area contributed by atoms with E-state index < -0.39 is 35.5 Å². The van der Waals surface area contributed by atoms with Crippen molar-refractivity contribution in [3.05, 3.63) is 0 Å². The number of nitrogens with one attached hydrogen (secondary N) is 1. The third-order valence-corrected chi connectivity index (χ3v) is 7.77. The van der Waals surface area contributed by atoms with Crippen LogP contribution in [0.1, 0.15) is 73.1 Å². The molecule has 9 heteroatoms. The van der Waals surface area contributed by atoms with Gasteiger partial charge in [0.25, 0.3) is 0 Å². The Labute approximate surface area is 189 Å². The largest absolute Gasteiger partial charge is 0.435 e. The second-order valence-electron chi connectivity index (χ2n) is 10.9. The third kappa shape index (κ3) is 4.18. The molecule has 1 spiro atoms. The van der Waals surface area contributed by atoms with E-state index in [1.165, 1.54) is 0 Å². The third-order valence-electron chi connectivity index (χ3n) is 7.77. The minimum Gasteiger partial charge on any atom is -0.435 e. The van der Waals surface area contributed by atoms with E-state index in [1.54, 1.807) is 13.8 Å². The minimum absolute atomic E-state index is 0.0225. The lowest BCUT2D eigenvalue weighted by atomic mass is 9.58. The van der Waals surface area contributed by atoms with Crippen LogP contribution in [0.2, 0.25) is 0 Å². The number of rotatable bonds is 6. The fraction of sp³-hybridized carbons (Fsp3) is 0.913. The molecule has 5 aliphatic rings. The van der Waals surface area contributed by atoms with E-state index >= 15 is 0 Å². The van der Waals surface area contributed by atoms with Crippen molar-refractivity contribution in [1.82, 2.24) is 5.32 Å². The standard InChI is InChI=1S/C23H37NO8/c1-13-6-7-16-14(2)19(28-18(27)9-8-17(26)24-21(3,4)12-25)29-20-23(16)15(13)10-11-22(5,30-20)31-32-23/h13-16,19-20,25H,6-12H2,1-5H3,(H,24,26)/t13-,14+,15+,16-,19-,20+,22-,23-/m1/s1. The van der Waals surface area contributed by atoms with Gasteiger partial charge in [-0.15, -0.1) is 0 Å². The average molecular weight is 456 g/mol. The highest BCUT2D eigenvalue weighted by atomic mass is 17.3. The van der Waals surface area contributed by atoms with Gasteiger partial charge in [-0.3, -0.25) is 9.59 Å². The van der Waals surface area contributed by atoms with Crippen molar-refractivity contribution >= 4 is 11.9 Å². The van der Waals surface area contributed by atoms with Gasteiger partial charge in [0.1, 0.15) is 0 Å². The first-order valence-corrected chi connectivity index (χ1v) is 11.8. The maximum atomic E-state index is 12.5. The predicted octanol–water partition coefficient (Wildman–Crippen LogP) is 2.40. The summed E-state index contributed by atoms with van der Waals surface area (Å²) in [5, 5.41) is 12.0. The summed E-state index contributed by atoms with van der Waals surface area (Å²) in [4.78, 5) is 36.5. The van der Waals surface area contributed by atoms with Crippen molar-refractivity contribution in [3.63, 3.8) is 0 Å². The fourth-order valence-corrected chi connectivity index (χ4v) is 5.89. The van der Waals surface area contributed by atoms with Gasteiger partial charge in [0.2, 0.25) is 18.0 Å². The van der Waals surface area contributed by atoms with Gasteiger partial charge >= 0.3 is 5.97 Å². The molecule has 8 atom stereocenters. The SMILES string of the molecule is C[C@@H]1[C@H](OC(=O)CCC(=O)NC(C)(C)CO)O[C@H]2O[C@@]3(C)CC[C@H]4[C@H](C)CC[C@H]1[C@@]24OO3.